The number of hydrogen-bond acceptors (Lipinski definition) is 3. The maximum Gasteiger partial charge on any atom is 0.261 e. The fourth-order valence-corrected chi connectivity index (χ4v) is 5.82. The van der Waals surface area contributed by atoms with E-state index in [0.29, 0.717) is 16.3 Å². The lowest BCUT2D eigenvalue weighted by molar-refractivity contribution is 0.0994. The molecule has 1 aliphatic rings. The lowest BCUT2D eigenvalue weighted by Gasteiger charge is -2.26. The monoisotopic (exact) mass is 540 g/mol. The van der Waals surface area contributed by atoms with Crippen LogP contribution < -0.4 is 4.90 Å². The van der Waals surface area contributed by atoms with Crippen molar-refractivity contribution in [3.8, 4) is 16.9 Å². The number of aromatic nitrogens is 3. The molecule has 6 aromatic rings. The van der Waals surface area contributed by atoms with Crippen molar-refractivity contribution in [3.05, 3.63) is 142 Å². The van der Waals surface area contributed by atoms with Crippen molar-refractivity contribution in [2.45, 2.75) is 19.9 Å². The van der Waals surface area contributed by atoms with E-state index >= 15 is 0 Å². The van der Waals surface area contributed by atoms with Gasteiger partial charge in [-0.1, -0.05) is 90.0 Å². The maximum atomic E-state index is 14.6. The van der Waals surface area contributed by atoms with Gasteiger partial charge >= 0.3 is 0 Å². The third kappa shape index (κ3) is 3.81. The highest BCUT2D eigenvalue weighted by atomic mass is 35.5. The number of carbonyl (C=O) groups excluding carboxylic acids is 1. The van der Waals surface area contributed by atoms with Gasteiger partial charge in [-0.2, -0.15) is 5.10 Å². The molecule has 0 fully saturated rings. The number of aryl methyl sites for hydroxylation is 2. The number of rotatable bonds is 4. The van der Waals surface area contributed by atoms with Gasteiger partial charge in [0.25, 0.3) is 5.91 Å². The number of anilines is 1. The molecule has 0 N–H and O–H groups in total. The van der Waals surface area contributed by atoms with Gasteiger partial charge in [-0.05, 0) is 55.8 Å². The van der Waals surface area contributed by atoms with Crippen LogP contribution in [0.25, 0.3) is 28.0 Å². The highest BCUT2D eigenvalue weighted by Gasteiger charge is 2.43. The van der Waals surface area contributed by atoms with Crippen LogP contribution in [-0.2, 0) is 0 Å². The molecule has 5 nitrogen and oxygen atoms in total. The summed E-state index contributed by atoms with van der Waals surface area (Å²) in [6, 6.07) is 35.4. The molecule has 7 rings (SSSR count). The van der Waals surface area contributed by atoms with Crippen LogP contribution in [0, 0.1) is 13.8 Å². The number of hydrogen-bond donors (Lipinski definition) is 0. The number of amides is 1. The first-order valence-corrected chi connectivity index (χ1v) is 13.6. The van der Waals surface area contributed by atoms with Gasteiger partial charge in [-0.3, -0.25) is 9.69 Å². The van der Waals surface area contributed by atoms with Gasteiger partial charge in [-0.15, -0.1) is 0 Å². The zero-order valence-corrected chi connectivity index (χ0v) is 22.8. The van der Waals surface area contributed by atoms with E-state index in [-0.39, 0.29) is 11.9 Å². The topological polar surface area (TPSA) is 51.0 Å². The minimum Gasteiger partial charge on any atom is -0.297 e. The Hall–Kier alpha value is -4.74. The molecule has 1 atom stereocenters. The minimum absolute atomic E-state index is 0.0843. The van der Waals surface area contributed by atoms with Gasteiger partial charge in [0.05, 0.1) is 28.7 Å². The predicted molar refractivity (Wildman–Crippen MR) is 160 cm³/mol. The van der Waals surface area contributed by atoms with E-state index in [4.69, 9.17) is 21.7 Å². The molecule has 4 aromatic carbocycles. The van der Waals surface area contributed by atoms with Crippen molar-refractivity contribution < 1.29 is 4.79 Å². The second kappa shape index (κ2) is 9.47. The van der Waals surface area contributed by atoms with Crippen LogP contribution >= 0.6 is 11.6 Å². The summed E-state index contributed by atoms with van der Waals surface area (Å²) in [7, 11) is 0. The zero-order valence-electron chi connectivity index (χ0n) is 22.0. The minimum atomic E-state index is -0.387. The Kier molecular flexibility index (Phi) is 5.76. The number of para-hydroxylation sites is 1. The maximum absolute atomic E-state index is 14.6. The van der Waals surface area contributed by atoms with Gasteiger partial charge < -0.3 is 0 Å². The molecule has 0 radical (unpaired) electrons. The number of benzene rings is 4. The normalized spacial score (nSPS) is 14.6. The van der Waals surface area contributed by atoms with Crippen LogP contribution in [0.4, 0.5) is 5.69 Å². The SMILES string of the molecule is Cc1ccc(N2C(=O)c3c(-c4ccccc4)nc4c(c(C)nn4-c4ccccc4)c3C2c2ccc(Cl)cc2)cc1. The molecule has 40 heavy (non-hydrogen) atoms. The number of carbonyl (C=O) groups is 1. The van der Waals surface area contributed by atoms with Crippen molar-refractivity contribution in [1.29, 1.82) is 0 Å². The van der Waals surface area contributed by atoms with E-state index in [1.165, 1.54) is 0 Å². The summed E-state index contributed by atoms with van der Waals surface area (Å²) in [4.78, 5) is 21.7. The van der Waals surface area contributed by atoms with E-state index in [1.807, 2.05) is 133 Å². The van der Waals surface area contributed by atoms with Crippen molar-refractivity contribution in [1.82, 2.24) is 14.8 Å². The molecule has 2 aromatic heterocycles. The molecule has 0 bridgehead atoms. The Balaban J connectivity index is 1.61. The lowest BCUT2D eigenvalue weighted by atomic mass is 9.92. The zero-order chi connectivity index (χ0) is 27.4. The Labute approximate surface area is 237 Å². The molecule has 0 saturated heterocycles. The second-order valence-corrected chi connectivity index (χ2v) is 10.5. The van der Waals surface area contributed by atoms with Crippen molar-refractivity contribution in [3.63, 3.8) is 0 Å². The highest BCUT2D eigenvalue weighted by molar-refractivity contribution is 6.30. The Morgan fingerprint density at radius 2 is 1.40 bits per heavy atom. The lowest BCUT2D eigenvalue weighted by Crippen LogP contribution is -2.28. The van der Waals surface area contributed by atoms with E-state index in [2.05, 4.69) is 0 Å². The molecule has 1 unspecified atom stereocenters. The van der Waals surface area contributed by atoms with Crippen LogP contribution in [0.1, 0.15) is 38.8 Å². The average Bonchev–Trinajstić information content (AvgIpc) is 3.48. The van der Waals surface area contributed by atoms with Gasteiger partial charge in [0.2, 0.25) is 0 Å². The van der Waals surface area contributed by atoms with Crippen molar-refractivity contribution in [2.75, 3.05) is 4.90 Å². The average molecular weight is 541 g/mol. The summed E-state index contributed by atoms with van der Waals surface area (Å²) in [6.45, 7) is 4.03. The van der Waals surface area contributed by atoms with E-state index in [0.717, 1.165) is 50.4 Å². The first kappa shape index (κ1) is 24.3. The Morgan fingerprint density at radius 3 is 2.08 bits per heavy atom. The molecular weight excluding hydrogens is 516 g/mol. The number of halogens is 1. The Morgan fingerprint density at radius 1 is 0.750 bits per heavy atom. The largest absolute Gasteiger partial charge is 0.297 e. The summed E-state index contributed by atoms with van der Waals surface area (Å²) in [6.07, 6.45) is 0. The Bertz CT molecular complexity index is 1880. The summed E-state index contributed by atoms with van der Waals surface area (Å²) in [5.74, 6) is -0.0843. The standard InChI is InChI=1S/C34H25ClN4O/c1-21-13-19-26(20-14-21)38-32(24-15-17-25(35)18-16-24)29-28-22(2)37-39(27-11-7-4-8-12-27)33(28)36-31(30(29)34(38)40)23-9-5-3-6-10-23/h3-20,32H,1-2H3. The van der Waals surface area contributed by atoms with Gasteiger partial charge in [-0.25, -0.2) is 9.67 Å². The molecular formula is C34H25ClN4O. The van der Waals surface area contributed by atoms with Crippen LogP contribution in [-0.4, -0.2) is 20.7 Å². The first-order valence-electron chi connectivity index (χ1n) is 13.2. The number of fused-ring (bicyclic) bond motifs is 3. The second-order valence-electron chi connectivity index (χ2n) is 10.1. The van der Waals surface area contributed by atoms with E-state index in [1.54, 1.807) is 0 Å². The summed E-state index contributed by atoms with van der Waals surface area (Å²) >= 11 is 6.31. The molecule has 0 aliphatic carbocycles. The summed E-state index contributed by atoms with van der Waals surface area (Å²) in [5.41, 5.74) is 8.43. The highest BCUT2D eigenvalue weighted by Crippen LogP contribution is 2.48. The van der Waals surface area contributed by atoms with E-state index in [9.17, 15) is 4.79 Å². The van der Waals surface area contributed by atoms with Crippen molar-refractivity contribution in [2.24, 2.45) is 0 Å². The molecule has 194 valence electrons. The van der Waals surface area contributed by atoms with Gasteiger partial charge in [0.1, 0.15) is 0 Å². The third-order valence-electron chi connectivity index (χ3n) is 7.54. The molecule has 1 amide bonds. The smallest absolute Gasteiger partial charge is 0.261 e. The van der Waals surface area contributed by atoms with Gasteiger partial charge in [0, 0.05) is 27.2 Å². The van der Waals surface area contributed by atoms with Crippen LogP contribution in [0.5, 0.6) is 0 Å². The first-order chi connectivity index (χ1) is 19.5. The molecule has 0 saturated carbocycles. The summed E-state index contributed by atoms with van der Waals surface area (Å²) in [5, 5.41) is 6.49. The fraction of sp³-hybridized carbons (Fsp3) is 0.0882. The fourth-order valence-electron chi connectivity index (χ4n) is 5.69. The molecule has 3 heterocycles. The molecule has 1 aliphatic heterocycles. The summed E-state index contributed by atoms with van der Waals surface area (Å²) < 4.78 is 1.88. The van der Waals surface area contributed by atoms with Crippen LogP contribution in [0.15, 0.2) is 109 Å². The quantitative estimate of drug-likeness (QED) is 0.227. The van der Waals surface area contributed by atoms with Crippen LogP contribution in [0.2, 0.25) is 5.02 Å². The van der Waals surface area contributed by atoms with Crippen LogP contribution in [0.3, 0.4) is 0 Å². The number of pyridine rings is 1. The van der Waals surface area contributed by atoms with Gasteiger partial charge in [0.15, 0.2) is 5.65 Å². The third-order valence-corrected chi connectivity index (χ3v) is 7.79. The molecule has 6 heteroatoms. The molecule has 0 spiro atoms. The number of nitrogens with zero attached hydrogens (tertiary/aromatic N) is 4. The van der Waals surface area contributed by atoms with Crippen molar-refractivity contribution >= 4 is 34.2 Å². The van der Waals surface area contributed by atoms with E-state index < -0.39 is 0 Å². The predicted octanol–water partition coefficient (Wildman–Crippen LogP) is 8.11.